The first-order valence-corrected chi connectivity index (χ1v) is 7.36. The minimum atomic E-state index is 0. The molecule has 0 atom stereocenters. The van der Waals surface area contributed by atoms with E-state index in [-0.39, 0.29) is 22.9 Å². The fourth-order valence-corrected chi connectivity index (χ4v) is 3.37. The number of amides is 1. The van der Waals surface area contributed by atoms with Crippen LogP contribution in [0.2, 0.25) is 0 Å². The van der Waals surface area contributed by atoms with Crippen LogP contribution in [0.25, 0.3) is 10.2 Å². The molecule has 0 unspecified atom stereocenters. The lowest BCUT2D eigenvalue weighted by molar-refractivity contribution is -0.654. The number of rotatable bonds is 2. The van der Waals surface area contributed by atoms with Gasteiger partial charge in [0.25, 0.3) is 5.91 Å². The third-order valence-corrected chi connectivity index (χ3v) is 4.46. The van der Waals surface area contributed by atoms with Crippen LogP contribution in [-0.2, 0) is 11.3 Å². The molecule has 1 aromatic heterocycles. The lowest BCUT2D eigenvalue weighted by Crippen LogP contribution is -3.00. The van der Waals surface area contributed by atoms with Gasteiger partial charge in [-0.15, -0.1) is 0 Å². The molecule has 0 N–H and O–H groups in total. The van der Waals surface area contributed by atoms with Gasteiger partial charge in [0.1, 0.15) is 4.70 Å². The Balaban J connectivity index is 0.00000133. The average molecular weight is 341 g/mol. The SMILES string of the molecule is O=C(C[n+]1csc2ccccc21)N1CCCCC1.[Br-]. The molecular weight excluding hydrogens is 324 g/mol. The molecule has 0 saturated carbocycles. The molecule has 0 bridgehead atoms. The van der Waals surface area contributed by atoms with Crippen LogP contribution in [0, 0.1) is 0 Å². The second-order valence-corrected chi connectivity index (χ2v) is 5.65. The number of halogens is 1. The number of carbonyl (C=O) groups excluding carboxylic acids is 1. The number of piperidine rings is 1. The highest BCUT2D eigenvalue weighted by Crippen LogP contribution is 2.15. The van der Waals surface area contributed by atoms with Gasteiger partial charge in [-0.3, -0.25) is 4.79 Å². The van der Waals surface area contributed by atoms with Gasteiger partial charge in [0.15, 0.2) is 0 Å². The molecule has 3 nitrogen and oxygen atoms in total. The first-order chi connectivity index (χ1) is 8.84. The van der Waals surface area contributed by atoms with Gasteiger partial charge in [0, 0.05) is 19.2 Å². The fraction of sp³-hybridized carbons (Fsp3) is 0.429. The summed E-state index contributed by atoms with van der Waals surface area (Å²) < 4.78 is 3.31. The average Bonchev–Trinajstić information content (AvgIpc) is 2.83. The number of thiazole rings is 1. The molecule has 102 valence electrons. The van der Waals surface area contributed by atoms with Crippen molar-refractivity contribution in [3.8, 4) is 0 Å². The van der Waals surface area contributed by atoms with Crippen molar-refractivity contribution in [3.05, 3.63) is 29.8 Å². The van der Waals surface area contributed by atoms with Gasteiger partial charge in [-0.05, 0) is 25.3 Å². The summed E-state index contributed by atoms with van der Waals surface area (Å²) in [7, 11) is 0. The maximum absolute atomic E-state index is 12.2. The molecule has 5 heteroatoms. The minimum Gasteiger partial charge on any atom is -1.00 e. The number of likely N-dealkylation sites (tertiary alicyclic amines) is 1. The van der Waals surface area contributed by atoms with Crippen LogP contribution in [0.3, 0.4) is 0 Å². The molecule has 0 radical (unpaired) electrons. The normalized spacial score (nSPS) is 15.3. The van der Waals surface area contributed by atoms with Crippen LogP contribution in [0.4, 0.5) is 0 Å². The summed E-state index contributed by atoms with van der Waals surface area (Å²) in [5.41, 5.74) is 3.21. The van der Waals surface area contributed by atoms with Gasteiger partial charge in [-0.1, -0.05) is 23.5 Å². The second kappa shape index (κ2) is 6.48. The molecule has 1 aromatic carbocycles. The van der Waals surface area contributed by atoms with Gasteiger partial charge in [-0.2, -0.15) is 4.57 Å². The third kappa shape index (κ3) is 3.15. The summed E-state index contributed by atoms with van der Waals surface area (Å²) in [6, 6.07) is 8.24. The molecule has 2 heterocycles. The van der Waals surface area contributed by atoms with Crippen molar-refractivity contribution < 1.29 is 26.3 Å². The highest BCUT2D eigenvalue weighted by atomic mass is 79.9. The summed E-state index contributed by atoms with van der Waals surface area (Å²) in [5.74, 6) is 0.253. The predicted octanol–water partition coefficient (Wildman–Crippen LogP) is -0.795. The minimum absolute atomic E-state index is 0. The number of hydrogen-bond acceptors (Lipinski definition) is 2. The van der Waals surface area contributed by atoms with Crippen LogP contribution in [-0.4, -0.2) is 23.9 Å². The van der Waals surface area contributed by atoms with Crippen LogP contribution in [0.5, 0.6) is 0 Å². The number of fused-ring (bicyclic) bond motifs is 1. The molecule has 0 aliphatic carbocycles. The Labute approximate surface area is 127 Å². The van der Waals surface area contributed by atoms with Gasteiger partial charge < -0.3 is 21.9 Å². The molecule has 3 rings (SSSR count). The van der Waals surface area contributed by atoms with E-state index >= 15 is 0 Å². The molecule has 0 spiro atoms. The zero-order valence-corrected chi connectivity index (χ0v) is 13.1. The van der Waals surface area contributed by atoms with E-state index in [9.17, 15) is 4.79 Å². The third-order valence-electron chi connectivity index (χ3n) is 3.50. The van der Waals surface area contributed by atoms with E-state index in [2.05, 4.69) is 16.7 Å². The largest absolute Gasteiger partial charge is 1.00 e. The quantitative estimate of drug-likeness (QED) is 0.657. The van der Waals surface area contributed by atoms with E-state index in [1.54, 1.807) is 11.3 Å². The Morgan fingerprint density at radius 1 is 1.21 bits per heavy atom. The summed E-state index contributed by atoms with van der Waals surface area (Å²) in [5, 5.41) is 0. The summed E-state index contributed by atoms with van der Waals surface area (Å²) in [4.78, 5) is 14.2. The van der Waals surface area contributed by atoms with Crippen LogP contribution in [0.1, 0.15) is 19.3 Å². The molecule has 1 amide bonds. The zero-order valence-electron chi connectivity index (χ0n) is 10.7. The molecule has 1 saturated heterocycles. The Morgan fingerprint density at radius 2 is 1.95 bits per heavy atom. The summed E-state index contributed by atoms with van der Waals surface area (Å²) >= 11 is 1.69. The molecule has 1 fully saturated rings. The highest BCUT2D eigenvalue weighted by molar-refractivity contribution is 7.16. The molecule has 19 heavy (non-hydrogen) atoms. The van der Waals surface area contributed by atoms with Crippen molar-refractivity contribution in [2.45, 2.75) is 25.8 Å². The lowest BCUT2D eigenvalue weighted by Gasteiger charge is -2.25. The van der Waals surface area contributed by atoms with Crippen molar-refractivity contribution in [1.29, 1.82) is 0 Å². The molecule has 2 aromatic rings. The van der Waals surface area contributed by atoms with Gasteiger partial charge >= 0.3 is 0 Å². The van der Waals surface area contributed by atoms with E-state index in [1.807, 2.05) is 22.5 Å². The first kappa shape index (κ1) is 14.5. The Morgan fingerprint density at radius 3 is 2.74 bits per heavy atom. The zero-order chi connectivity index (χ0) is 12.4. The van der Waals surface area contributed by atoms with Crippen molar-refractivity contribution >= 4 is 27.5 Å². The van der Waals surface area contributed by atoms with Gasteiger partial charge in [0.05, 0.1) is 0 Å². The standard InChI is InChI=1S/C14H17N2OS.BrH/c17-14(15-8-4-1-5-9-15)10-16-11-18-13-7-3-2-6-12(13)16;/h2-3,6-7,11H,1,4-5,8-10H2;1H/q+1;/p-1. The van der Waals surface area contributed by atoms with Gasteiger partial charge in [-0.25, -0.2) is 0 Å². The van der Waals surface area contributed by atoms with Crippen molar-refractivity contribution in [3.63, 3.8) is 0 Å². The number of hydrogen-bond donors (Lipinski definition) is 0. The van der Waals surface area contributed by atoms with Crippen LogP contribution < -0.4 is 21.5 Å². The number of benzene rings is 1. The van der Waals surface area contributed by atoms with E-state index < -0.39 is 0 Å². The van der Waals surface area contributed by atoms with Crippen LogP contribution in [0.15, 0.2) is 29.8 Å². The summed E-state index contributed by atoms with van der Waals surface area (Å²) in [6.07, 6.45) is 3.57. The Hall–Kier alpha value is -0.940. The maximum atomic E-state index is 12.2. The Kier molecular flexibility index (Phi) is 4.93. The smallest absolute Gasteiger partial charge is 0.288 e. The fourth-order valence-electron chi connectivity index (χ4n) is 2.48. The molecular formula is C14H17BrN2OS. The first-order valence-electron chi connectivity index (χ1n) is 6.48. The summed E-state index contributed by atoms with van der Waals surface area (Å²) in [6.45, 7) is 2.34. The van der Waals surface area contributed by atoms with E-state index in [0.717, 1.165) is 31.4 Å². The topological polar surface area (TPSA) is 24.2 Å². The number of nitrogens with zero attached hydrogens (tertiary/aromatic N) is 2. The van der Waals surface area contributed by atoms with Crippen molar-refractivity contribution in [2.75, 3.05) is 13.1 Å². The number of para-hydroxylation sites is 1. The Bertz CT molecular complexity index is 563. The van der Waals surface area contributed by atoms with E-state index in [1.165, 1.54) is 11.1 Å². The molecule has 1 aliphatic heterocycles. The maximum Gasteiger partial charge on any atom is 0.288 e. The van der Waals surface area contributed by atoms with Gasteiger partial charge in [0.2, 0.25) is 17.6 Å². The van der Waals surface area contributed by atoms with Crippen molar-refractivity contribution in [2.24, 2.45) is 0 Å². The number of aromatic nitrogens is 1. The number of carbonyl (C=O) groups is 1. The monoisotopic (exact) mass is 340 g/mol. The second-order valence-electron chi connectivity index (χ2n) is 4.76. The molecule has 1 aliphatic rings. The highest BCUT2D eigenvalue weighted by Gasteiger charge is 2.22. The van der Waals surface area contributed by atoms with E-state index in [0.29, 0.717) is 6.54 Å². The van der Waals surface area contributed by atoms with Crippen molar-refractivity contribution in [1.82, 2.24) is 4.90 Å². The predicted molar refractivity (Wildman–Crippen MR) is 72.5 cm³/mol. The van der Waals surface area contributed by atoms with Crippen LogP contribution >= 0.6 is 11.3 Å². The lowest BCUT2D eigenvalue weighted by atomic mass is 10.1. The van der Waals surface area contributed by atoms with E-state index in [4.69, 9.17) is 0 Å².